The van der Waals surface area contributed by atoms with Crippen molar-refractivity contribution in [2.24, 2.45) is 5.92 Å². The number of tetrazole rings is 1. The monoisotopic (exact) mass is 351 g/mol. The maximum atomic E-state index is 13.2. The summed E-state index contributed by atoms with van der Waals surface area (Å²) in [5.41, 5.74) is 0.757. The van der Waals surface area contributed by atoms with Crippen molar-refractivity contribution in [1.29, 1.82) is 0 Å². The molecule has 24 heavy (non-hydrogen) atoms. The number of carbonyl (C=O) groups is 1. The van der Waals surface area contributed by atoms with E-state index in [1.165, 1.54) is 23.9 Å². The molecule has 1 amide bonds. The zero-order valence-electron chi connectivity index (χ0n) is 14.3. The molecule has 0 N–H and O–H groups in total. The Hall–Kier alpha value is -1.96. The van der Waals surface area contributed by atoms with Gasteiger partial charge in [-0.15, -0.1) is 5.10 Å². The Labute approximate surface area is 145 Å². The van der Waals surface area contributed by atoms with Gasteiger partial charge in [0.1, 0.15) is 5.82 Å². The van der Waals surface area contributed by atoms with Crippen molar-refractivity contribution >= 4 is 17.7 Å². The molecule has 0 bridgehead atoms. The molecular weight excluding hydrogens is 329 g/mol. The standard InChI is InChI=1S/C16H22FN5OS/c1-11(2)9-22-16(18-19-20-22)24-12(3)15(23)21(4)10-13-6-5-7-14(17)8-13/h5-8,11-12H,9-10H2,1-4H3. The van der Waals surface area contributed by atoms with Gasteiger partial charge in [0.2, 0.25) is 11.1 Å². The van der Waals surface area contributed by atoms with E-state index in [0.29, 0.717) is 24.2 Å². The summed E-state index contributed by atoms with van der Waals surface area (Å²) in [5, 5.41) is 11.9. The van der Waals surface area contributed by atoms with Crippen LogP contribution in [0.3, 0.4) is 0 Å². The van der Waals surface area contributed by atoms with Crippen molar-refractivity contribution in [1.82, 2.24) is 25.1 Å². The van der Waals surface area contributed by atoms with E-state index >= 15 is 0 Å². The van der Waals surface area contributed by atoms with Gasteiger partial charge < -0.3 is 4.90 Å². The normalized spacial score (nSPS) is 12.4. The molecule has 1 heterocycles. The molecule has 1 atom stereocenters. The van der Waals surface area contributed by atoms with Crippen molar-refractivity contribution in [3.05, 3.63) is 35.6 Å². The summed E-state index contributed by atoms with van der Waals surface area (Å²) in [6.07, 6.45) is 0. The van der Waals surface area contributed by atoms with Gasteiger partial charge in [0.25, 0.3) is 0 Å². The van der Waals surface area contributed by atoms with Crippen LogP contribution in [0.4, 0.5) is 4.39 Å². The third-order valence-electron chi connectivity index (χ3n) is 3.35. The zero-order chi connectivity index (χ0) is 17.7. The molecule has 0 spiro atoms. The third kappa shape index (κ3) is 5.02. The van der Waals surface area contributed by atoms with Crippen LogP contribution in [0.15, 0.2) is 29.4 Å². The Balaban J connectivity index is 1.97. The van der Waals surface area contributed by atoms with Crippen molar-refractivity contribution < 1.29 is 9.18 Å². The molecule has 2 aromatic rings. The first-order valence-corrected chi connectivity index (χ1v) is 8.67. The number of halogens is 1. The predicted octanol–water partition coefficient (Wildman–Crippen LogP) is 2.61. The van der Waals surface area contributed by atoms with Gasteiger partial charge in [-0.05, 0) is 41.0 Å². The summed E-state index contributed by atoms with van der Waals surface area (Å²) in [4.78, 5) is 14.1. The number of carbonyl (C=O) groups excluding carboxylic acids is 1. The maximum absolute atomic E-state index is 13.2. The number of thioether (sulfide) groups is 1. The Bertz CT molecular complexity index is 691. The second kappa shape index (κ2) is 8.23. The smallest absolute Gasteiger partial charge is 0.235 e. The minimum Gasteiger partial charge on any atom is -0.340 e. The number of aromatic nitrogens is 4. The molecule has 1 aromatic carbocycles. The SMILES string of the molecule is CC(C)Cn1nnnc1SC(C)C(=O)N(C)Cc1cccc(F)c1. The zero-order valence-corrected chi connectivity index (χ0v) is 15.1. The Kier molecular flexibility index (Phi) is 6.30. The van der Waals surface area contributed by atoms with Crippen molar-refractivity contribution in [2.45, 2.75) is 44.3 Å². The van der Waals surface area contributed by atoms with E-state index in [1.807, 2.05) is 6.92 Å². The lowest BCUT2D eigenvalue weighted by atomic mass is 10.2. The molecule has 0 aliphatic carbocycles. The van der Waals surface area contributed by atoms with Gasteiger partial charge in [-0.3, -0.25) is 4.79 Å². The molecule has 2 rings (SSSR count). The quantitative estimate of drug-likeness (QED) is 0.718. The van der Waals surface area contributed by atoms with E-state index in [9.17, 15) is 9.18 Å². The van der Waals surface area contributed by atoms with Crippen LogP contribution in [0.2, 0.25) is 0 Å². The number of hydrogen-bond acceptors (Lipinski definition) is 5. The van der Waals surface area contributed by atoms with E-state index in [-0.39, 0.29) is 17.0 Å². The fraction of sp³-hybridized carbons (Fsp3) is 0.500. The van der Waals surface area contributed by atoms with Crippen LogP contribution in [0, 0.1) is 11.7 Å². The lowest BCUT2D eigenvalue weighted by Crippen LogP contribution is -2.33. The summed E-state index contributed by atoms with van der Waals surface area (Å²) in [7, 11) is 1.71. The van der Waals surface area contributed by atoms with Crippen molar-refractivity contribution in [2.75, 3.05) is 7.05 Å². The first kappa shape index (κ1) is 18.4. The summed E-state index contributed by atoms with van der Waals surface area (Å²) in [6.45, 7) is 7.05. The molecule has 0 aliphatic rings. The summed E-state index contributed by atoms with van der Waals surface area (Å²) in [5.74, 6) is 0.0569. The highest BCUT2D eigenvalue weighted by atomic mass is 32.2. The van der Waals surface area contributed by atoms with Crippen LogP contribution in [0.5, 0.6) is 0 Å². The first-order chi connectivity index (χ1) is 11.4. The van der Waals surface area contributed by atoms with Gasteiger partial charge in [0.05, 0.1) is 5.25 Å². The van der Waals surface area contributed by atoms with Crippen LogP contribution in [-0.2, 0) is 17.9 Å². The Morgan fingerprint density at radius 3 is 2.79 bits per heavy atom. The van der Waals surface area contributed by atoms with Gasteiger partial charge >= 0.3 is 0 Å². The predicted molar refractivity (Wildman–Crippen MR) is 90.8 cm³/mol. The average Bonchev–Trinajstić information content (AvgIpc) is 2.92. The number of rotatable bonds is 7. The minimum atomic E-state index is -0.333. The number of hydrogen-bond donors (Lipinski definition) is 0. The largest absolute Gasteiger partial charge is 0.340 e. The van der Waals surface area contributed by atoms with E-state index in [1.54, 1.807) is 28.8 Å². The van der Waals surface area contributed by atoms with Crippen molar-refractivity contribution in [3.8, 4) is 0 Å². The Morgan fingerprint density at radius 1 is 1.38 bits per heavy atom. The molecule has 0 saturated heterocycles. The summed E-state index contributed by atoms with van der Waals surface area (Å²) in [6, 6.07) is 6.26. The lowest BCUT2D eigenvalue weighted by molar-refractivity contribution is -0.129. The molecule has 0 radical (unpaired) electrons. The third-order valence-corrected chi connectivity index (χ3v) is 4.41. The molecule has 8 heteroatoms. The average molecular weight is 351 g/mol. The fourth-order valence-electron chi connectivity index (χ4n) is 2.25. The summed E-state index contributed by atoms with van der Waals surface area (Å²) < 4.78 is 15.0. The molecular formula is C16H22FN5OS. The molecule has 1 unspecified atom stereocenters. The highest BCUT2D eigenvalue weighted by Gasteiger charge is 2.22. The molecule has 1 aromatic heterocycles. The second-order valence-electron chi connectivity index (χ2n) is 6.12. The number of benzene rings is 1. The van der Waals surface area contributed by atoms with Crippen LogP contribution in [0.1, 0.15) is 26.3 Å². The van der Waals surface area contributed by atoms with E-state index in [0.717, 1.165) is 5.56 Å². The maximum Gasteiger partial charge on any atom is 0.235 e. The molecule has 130 valence electrons. The fourth-order valence-corrected chi connectivity index (χ4v) is 3.16. The first-order valence-electron chi connectivity index (χ1n) is 7.79. The van der Waals surface area contributed by atoms with Gasteiger partial charge in [0, 0.05) is 20.1 Å². The van der Waals surface area contributed by atoms with E-state index < -0.39 is 0 Å². The molecule has 6 nitrogen and oxygen atoms in total. The van der Waals surface area contributed by atoms with E-state index in [2.05, 4.69) is 29.4 Å². The van der Waals surface area contributed by atoms with E-state index in [4.69, 9.17) is 0 Å². The highest BCUT2D eigenvalue weighted by molar-refractivity contribution is 8.00. The van der Waals surface area contributed by atoms with Crippen LogP contribution in [-0.4, -0.2) is 43.3 Å². The van der Waals surface area contributed by atoms with Gasteiger partial charge in [-0.1, -0.05) is 37.7 Å². The highest BCUT2D eigenvalue weighted by Crippen LogP contribution is 2.22. The molecule has 0 saturated carbocycles. The molecule has 0 fully saturated rings. The van der Waals surface area contributed by atoms with Gasteiger partial charge in [-0.2, -0.15) is 0 Å². The number of nitrogens with zero attached hydrogens (tertiary/aromatic N) is 5. The topological polar surface area (TPSA) is 63.9 Å². The van der Waals surface area contributed by atoms with Crippen LogP contribution >= 0.6 is 11.8 Å². The Morgan fingerprint density at radius 2 is 2.12 bits per heavy atom. The lowest BCUT2D eigenvalue weighted by Gasteiger charge is -2.21. The second-order valence-corrected chi connectivity index (χ2v) is 7.43. The summed E-state index contributed by atoms with van der Waals surface area (Å²) >= 11 is 1.33. The van der Waals surface area contributed by atoms with Crippen molar-refractivity contribution in [3.63, 3.8) is 0 Å². The van der Waals surface area contributed by atoms with Crippen LogP contribution < -0.4 is 0 Å². The van der Waals surface area contributed by atoms with Gasteiger partial charge in [-0.25, -0.2) is 9.07 Å². The van der Waals surface area contributed by atoms with Gasteiger partial charge in [0.15, 0.2) is 0 Å². The minimum absolute atomic E-state index is 0.0524. The molecule has 0 aliphatic heterocycles. The van der Waals surface area contributed by atoms with Crippen LogP contribution in [0.25, 0.3) is 0 Å². The number of amides is 1.